The lowest BCUT2D eigenvalue weighted by molar-refractivity contribution is -0.121. The SMILES string of the molecule is COc1ccc(/C=C/C(=O)CC(=O)/C=C/c2ccc(N(C)C)cc2)cc1O. The standard InChI is InChI=1S/C22H23NO4/c1-23(2)18-9-4-16(5-10-18)6-11-19(24)15-20(25)12-7-17-8-13-22(27-3)21(26)14-17/h4-14,26H,15H2,1-3H3/b11-6+,12-7+. The van der Waals surface area contributed by atoms with E-state index in [1.54, 1.807) is 24.3 Å². The first-order valence-corrected chi connectivity index (χ1v) is 8.45. The van der Waals surface area contributed by atoms with E-state index in [4.69, 9.17) is 4.74 Å². The van der Waals surface area contributed by atoms with Crippen molar-refractivity contribution in [1.29, 1.82) is 0 Å². The van der Waals surface area contributed by atoms with Gasteiger partial charge in [-0.1, -0.05) is 30.4 Å². The molecule has 0 amide bonds. The molecule has 0 heterocycles. The molecule has 0 spiro atoms. The second-order valence-corrected chi connectivity index (χ2v) is 6.19. The van der Waals surface area contributed by atoms with Gasteiger partial charge in [0.05, 0.1) is 13.5 Å². The third-order valence-corrected chi connectivity index (χ3v) is 3.88. The number of nitrogens with zero attached hydrogens (tertiary/aromatic N) is 1. The summed E-state index contributed by atoms with van der Waals surface area (Å²) < 4.78 is 4.96. The van der Waals surface area contributed by atoms with Gasteiger partial charge in [-0.3, -0.25) is 9.59 Å². The average Bonchev–Trinajstić information content (AvgIpc) is 2.65. The molecule has 0 atom stereocenters. The molecule has 2 aromatic carbocycles. The summed E-state index contributed by atoms with van der Waals surface area (Å²) in [5.74, 6) is -0.217. The molecule has 0 radical (unpaired) electrons. The Bertz CT molecular complexity index is 864. The number of ether oxygens (including phenoxy) is 1. The first kappa shape index (κ1) is 20.0. The maximum absolute atomic E-state index is 11.9. The van der Waals surface area contributed by atoms with Gasteiger partial charge in [-0.25, -0.2) is 0 Å². The quantitative estimate of drug-likeness (QED) is 0.570. The Morgan fingerprint density at radius 2 is 1.52 bits per heavy atom. The molecule has 0 saturated carbocycles. The molecular formula is C22H23NO4. The van der Waals surface area contributed by atoms with Gasteiger partial charge in [0.15, 0.2) is 23.1 Å². The van der Waals surface area contributed by atoms with E-state index in [9.17, 15) is 14.7 Å². The molecule has 0 bridgehead atoms. The van der Waals surface area contributed by atoms with E-state index in [0.717, 1.165) is 11.3 Å². The number of hydrogen-bond acceptors (Lipinski definition) is 5. The Morgan fingerprint density at radius 1 is 0.963 bits per heavy atom. The number of carbonyl (C=O) groups excluding carboxylic acids is 2. The summed E-state index contributed by atoms with van der Waals surface area (Å²) in [4.78, 5) is 25.9. The summed E-state index contributed by atoms with van der Waals surface area (Å²) in [5.41, 5.74) is 2.61. The molecule has 2 aromatic rings. The molecule has 0 aromatic heterocycles. The lowest BCUT2D eigenvalue weighted by Crippen LogP contribution is -2.07. The zero-order valence-corrected chi connectivity index (χ0v) is 15.7. The second kappa shape index (κ2) is 9.38. The number of ketones is 2. The number of benzene rings is 2. The van der Waals surface area contributed by atoms with E-state index in [1.807, 2.05) is 43.3 Å². The largest absolute Gasteiger partial charge is 0.504 e. The van der Waals surface area contributed by atoms with Crippen LogP contribution in [0.5, 0.6) is 11.5 Å². The fourth-order valence-corrected chi connectivity index (χ4v) is 2.36. The molecule has 0 fully saturated rings. The van der Waals surface area contributed by atoms with Crippen LogP contribution in [0.15, 0.2) is 54.6 Å². The highest BCUT2D eigenvalue weighted by Gasteiger charge is 2.05. The van der Waals surface area contributed by atoms with Gasteiger partial charge in [-0.05, 0) is 47.5 Å². The maximum Gasteiger partial charge on any atom is 0.163 e. The molecule has 27 heavy (non-hydrogen) atoms. The summed E-state index contributed by atoms with van der Waals surface area (Å²) in [6, 6.07) is 12.6. The fourth-order valence-electron chi connectivity index (χ4n) is 2.36. The van der Waals surface area contributed by atoms with Gasteiger partial charge in [0.2, 0.25) is 0 Å². The Balaban J connectivity index is 1.91. The molecule has 1 N–H and O–H groups in total. The van der Waals surface area contributed by atoms with Crippen LogP contribution >= 0.6 is 0 Å². The van der Waals surface area contributed by atoms with Gasteiger partial charge in [-0.15, -0.1) is 0 Å². The van der Waals surface area contributed by atoms with Crippen LogP contribution in [0.1, 0.15) is 17.5 Å². The number of carbonyl (C=O) groups is 2. The number of allylic oxidation sites excluding steroid dienone is 2. The minimum Gasteiger partial charge on any atom is -0.504 e. The number of phenols is 1. The topological polar surface area (TPSA) is 66.8 Å². The Hall–Kier alpha value is -3.34. The van der Waals surface area contributed by atoms with Crippen molar-refractivity contribution in [2.24, 2.45) is 0 Å². The van der Waals surface area contributed by atoms with Crippen molar-refractivity contribution >= 4 is 29.4 Å². The monoisotopic (exact) mass is 365 g/mol. The summed E-state index contributed by atoms with van der Waals surface area (Å²) >= 11 is 0. The third kappa shape index (κ3) is 6.15. The van der Waals surface area contributed by atoms with Gasteiger partial charge in [-0.2, -0.15) is 0 Å². The lowest BCUT2D eigenvalue weighted by atomic mass is 10.1. The van der Waals surface area contributed by atoms with Crippen LogP contribution in [0, 0.1) is 0 Å². The van der Waals surface area contributed by atoms with Crippen molar-refractivity contribution in [1.82, 2.24) is 0 Å². The number of hydrogen-bond donors (Lipinski definition) is 1. The molecule has 0 aliphatic carbocycles. The van der Waals surface area contributed by atoms with Gasteiger partial charge in [0.25, 0.3) is 0 Å². The smallest absolute Gasteiger partial charge is 0.163 e. The summed E-state index contributed by atoms with van der Waals surface area (Å²) in [6.45, 7) is 0. The molecule has 0 unspecified atom stereocenters. The highest BCUT2D eigenvalue weighted by Crippen LogP contribution is 2.26. The second-order valence-electron chi connectivity index (χ2n) is 6.19. The van der Waals surface area contributed by atoms with Gasteiger partial charge < -0.3 is 14.7 Å². The maximum atomic E-state index is 11.9. The Labute approximate surface area is 159 Å². The number of anilines is 1. The van der Waals surface area contributed by atoms with Crippen LogP contribution in [-0.4, -0.2) is 37.9 Å². The average molecular weight is 365 g/mol. The van der Waals surface area contributed by atoms with E-state index >= 15 is 0 Å². The number of aromatic hydroxyl groups is 1. The predicted molar refractivity (Wildman–Crippen MR) is 108 cm³/mol. The normalized spacial score (nSPS) is 11.1. The van der Waals surface area contributed by atoms with Gasteiger partial charge in [0.1, 0.15) is 0 Å². The molecular weight excluding hydrogens is 342 g/mol. The molecule has 0 aliphatic heterocycles. The Morgan fingerprint density at radius 3 is 2.04 bits per heavy atom. The van der Waals surface area contributed by atoms with E-state index in [1.165, 1.54) is 25.3 Å². The van der Waals surface area contributed by atoms with E-state index in [2.05, 4.69) is 0 Å². The van der Waals surface area contributed by atoms with Crippen LogP contribution in [-0.2, 0) is 9.59 Å². The molecule has 0 aliphatic rings. The van der Waals surface area contributed by atoms with Crippen molar-refractivity contribution in [3.63, 3.8) is 0 Å². The molecule has 5 heteroatoms. The zero-order valence-electron chi connectivity index (χ0n) is 15.7. The first-order valence-electron chi connectivity index (χ1n) is 8.45. The van der Waals surface area contributed by atoms with Gasteiger partial charge >= 0.3 is 0 Å². The number of rotatable bonds is 8. The molecule has 5 nitrogen and oxygen atoms in total. The van der Waals surface area contributed by atoms with Crippen molar-refractivity contribution in [2.45, 2.75) is 6.42 Å². The first-order chi connectivity index (χ1) is 12.9. The van der Waals surface area contributed by atoms with E-state index < -0.39 is 0 Å². The van der Waals surface area contributed by atoms with Crippen LogP contribution in [0.4, 0.5) is 5.69 Å². The molecule has 0 saturated heterocycles. The summed E-state index contributed by atoms with van der Waals surface area (Å²) in [5, 5.41) is 9.72. The highest BCUT2D eigenvalue weighted by molar-refractivity contribution is 6.10. The molecule has 2 rings (SSSR count). The van der Waals surface area contributed by atoms with Crippen LogP contribution in [0.2, 0.25) is 0 Å². The van der Waals surface area contributed by atoms with E-state index in [0.29, 0.717) is 11.3 Å². The van der Waals surface area contributed by atoms with Crippen molar-refractivity contribution in [3.05, 3.63) is 65.7 Å². The van der Waals surface area contributed by atoms with Crippen LogP contribution in [0.3, 0.4) is 0 Å². The summed E-state index contributed by atoms with van der Waals surface area (Å²) in [7, 11) is 5.38. The van der Waals surface area contributed by atoms with E-state index in [-0.39, 0.29) is 23.7 Å². The highest BCUT2D eigenvalue weighted by atomic mass is 16.5. The molecule has 140 valence electrons. The van der Waals surface area contributed by atoms with Gasteiger partial charge in [0, 0.05) is 19.8 Å². The van der Waals surface area contributed by atoms with Crippen molar-refractivity contribution < 1.29 is 19.4 Å². The fraction of sp³-hybridized carbons (Fsp3) is 0.182. The van der Waals surface area contributed by atoms with Crippen LogP contribution < -0.4 is 9.64 Å². The predicted octanol–water partition coefficient (Wildman–Crippen LogP) is 3.72. The minimum absolute atomic E-state index is 0.00797. The zero-order chi connectivity index (χ0) is 19.8. The number of methoxy groups -OCH3 is 1. The minimum atomic E-state index is -0.303. The lowest BCUT2D eigenvalue weighted by Gasteiger charge is -2.11. The van der Waals surface area contributed by atoms with Crippen molar-refractivity contribution in [3.8, 4) is 11.5 Å². The van der Waals surface area contributed by atoms with Crippen LogP contribution in [0.25, 0.3) is 12.2 Å². The summed E-state index contributed by atoms with van der Waals surface area (Å²) in [6.07, 6.45) is 5.79. The van der Waals surface area contributed by atoms with Crippen molar-refractivity contribution in [2.75, 3.05) is 26.1 Å². The number of phenolic OH excluding ortho intramolecular Hbond substituents is 1. The third-order valence-electron chi connectivity index (χ3n) is 3.88. The Kier molecular flexibility index (Phi) is 6.94.